The van der Waals surface area contributed by atoms with Crippen molar-refractivity contribution in [1.29, 1.82) is 0 Å². The van der Waals surface area contributed by atoms with Crippen molar-refractivity contribution in [2.75, 3.05) is 37.7 Å². The third kappa shape index (κ3) is 4.71. The number of aliphatic hydroxyl groups excluding tert-OH is 1. The number of fused-ring (bicyclic) bond motifs is 4. The second kappa shape index (κ2) is 10.1. The molecule has 0 bridgehead atoms. The van der Waals surface area contributed by atoms with Gasteiger partial charge in [-0.05, 0) is 81.2 Å². The van der Waals surface area contributed by atoms with Crippen LogP contribution in [0.1, 0.15) is 73.8 Å². The summed E-state index contributed by atoms with van der Waals surface area (Å²) in [6.45, 7) is 3.82. The van der Waals surface area contributed by atoms with Gasteiger partial charge in [0.1, 0.15) is 18.6 Å². The van der Waals surface area contributed by atoms with E-state index in [4.69, 9.17) is 31.0 Å². The fourth-order valence-electron chi connectivity index (χ4n) is 7.81. The summed E-state index contributed by atoms with van der Waals surface area (Å²) >= 11 is 6.46. The van der Waals surface area contributed by atoms with Gasteiger partial charge in [-0.25, -0.2) is 4.39 Å². The number of aliphatic hydroxyl groups is 1. The summed E-state index contributed by atoms with van der Waals surface area (Å²) in [5, 5.41) is 11.0. The van der Waals surface area contributed by atoms with E-state index in [1.54, 1.807) is 0 Å². The maximum atomic E-state index is 14.4. The molecule has 1 spiro atoms. The summed E-state index contributed by atoms with van der Waals surface area (Å²) in [5.41, 5.74) is 3.74. The van der Waals surface area contributed by atoms with Crippen molar-refractivity contribution in [3.05, 3.63) is 45.6 Å². The molecule has 1 aromatic carbocycles. The molecule has 0 saturated carbocycles. The summed E-state index contributed by atoms with van der Waals surface area (Å²) in [6.07, 6.45) is 7.51. The van der Waals surface area contributed by atoms with E-state index < -0.39 is 11.8 Å². The zero-order valence-electron chi connectivity index (χ0n) is 22.5. The smallest absolute Gasteiger partial charge is 0.318 e. The van der Waals surface area contributed by atoms with Crippen LogP contribution >= 0.6 is 11.6 Å². The number of alkyl halides is 1. The van der Waals surface area contributed by atoms with Crippen LogP contribution < -0.4 is 9.64 Å². The number of nitrogens with zero attached hydrogens (tertiary/aromatic N) is 4. The number of ether oxygens (including phenoxy) is 2. The van der Waals surface area contributed by atoms with Gasteiger partial charge in [-0.2, -0.15) is 9.97 Å². The van der Waals surface area contributed by atoms with Crippen molar-refractivity contribution >= 4 is 17.4 Å². The fourth-order valence-corrected chi connectivity index (χ4v) is 7.98. The standard InChI is InChI=1S/C30H38ClFN4O3/c31-21-7-6-20-4-1-10-30(25(20)14-21)16-26-24(18-39-30)27(35-11-2-5-23(37)8-13-35)34-28(33-26)38-19-29-9-3-12-36(29)17-22(32)15-29/h6-7,14,22-23,37H,1-5,8-13,15-19H2/t22-,23?,29+,30?/m1/s1. The van der Waals surface area contributed by atoms with Gasteiger partial charge in [-0.3, -0.25) is 4.90 Å². The molecule has 5 heterocycles. The Morgan fingerprint density at radius 3 is 2.97 bits per heavy atom. The molecule has 4 atom stereocenters. The first-order chi connectivity index (χ1) is 18.9. The van der Waals surface area contributed by atoms with Crippen LogP contribution in [-0.4, -0.2) is 70.6 Å². The number of aryl methyl sites for hydroxylation is 1. The molecule has 39 heavy (non-hydrogen) atoms. The van der Waals surface area contributed by atoms with Gasteiger partial charge >= 0.3 is 6.01 Å². The molecule has 1 aliphatic carbocycles. The molecule has 0 amide bonds. The van der Waals surface area contributed by atoms with Crippen molar-refractivity contribution in [3.8, 4) is 6.01 Å². The Morgan fingerprint density at radius 2 is 2.05 bits per heavy atom. The summed E-state index contributed by atoms with van der Waals surface area (Å²) in [5.74, 6) is 0.858. The quantitative estimate of drug-likeness (QED) is 0.583. The Hall–Kier alpha value is -2.00. The molecular formula is C30H38ClFN4O3. The summed E-state index contributed by atoms with van der Waals surface area (Å²) in [4.78, 5) is 14.5. The predicted octanol–water partition coefficient (Wildman–Crippen LogP) is 4.74. The highest BCUT2D eigenvalue weighted by Gasteiger charge is 2.49. The van der Waals surface area contributed by atoms with Crippen LogP contribution in [0, 0.1) is 0 Å². The molecule has 7 rings (SSSR count). The lowest BCUT2D eigenvalue weighted by Crippen LogP contribution is -2.44. The molecule has 2 aromatic rings. The number of hydrogen-bond acceptors (Lipinski definition) is 7. The lowest BCUT2D eigenvalue weighted by molar-refractivity contribution is -0.0855. The average molecular weight is 557 g/mol. The normalized spacial score (nSPS) is 32.5. The molecule has 5 aliphatic rings. The fraction of sp³-hybridized carbons (Fsp3) is 0.667. The third-order valence-corrected chi connectivity index (χ3v) is 10.0. The molecule has 7 nitrogen and oxygen atoms in total. The lowest BCUT2D eigenvalue weighted by atomic mass is 9.75. The molecule has 1 aromatic heterocycles. The Labute approximate surface area is 234 Å². The van der Waals surface area contributed by atoms with Crippen molar-refractivity contribution < 1.29 is 19.0 Å². The van der Waals surface area contributed by atoms with Gasteiger partial charge in [0.15, 0.2) is 0 Å². The highest BCUT2D eigenvalue weighted by molar-refractivity contribution is 6.30. The number of halogens is 2. The van der Waals surface area contributed by atoms with Gasteiger partial charge in [-0.15, -0.1) is 0 Å². The number of aromatic nitrogens is 2. The van der Waals surface area contributed by atoms with Gasteiger partial charge in [0, 0.05) is 43.1 Å². The minimum Gasteiger partial charge on any atom is -0.461 e. The monoisotopic (exact) mass is 556 g/mol. The molecular weight excluding hydrogens is 519 g/mol. The molecule has 3 saturated heterocycles. The van der Waals surface area contributed by atoms with Crippen molar-refractivity contribution in [3.63, 3.8) is 0 Å². The Morgan fingerprint density at radius 1 is 1.13 bits per heavy atom. The molecule has 9 heteroatoms. The number of rotatable bonds is 4. The first-order valence-electron chi connectivity index (χ1n) is 14.7. The van der Waals surface area contributed by atoms with E-state index >= 15 is 0 Å². The predicted molar refractivity (Wildman–Crippen MR) is 147 cm³/mol. The van der Waals surface area contributed by atoms with E-state index in [0.717, 1.165) is 86.7 Å². The second-order valence-corrected chi connectivity index (χ2v) is 12.7. The van der Waals surface area contributed by atoms with Crippen LogP contribution in [0.15, 0.2) is 18.2 Å². The second-order valence-electron chi connectivity index (χ2n) is 12.3. The minimum atomic E-state index is -0.798. The van der Waals surface area contributed by atoms with E-state index in [2.05, 4.69) is 21.9 Å². The Kier molecular flexibility index (Phi) is 6.73. The highest BCUT2D eigenvalue weighted by atomic mass is 35.5. The highest BCUT2D eigenvalue weighted by Crippen LogP contribution is 2.47. The van der Waals surface area contributed by atoms with E-state index in [1.165, 1.54) is 11.1 Å². The van der Waals surface area contributed by atoms with Gasteiger partial charge in [0.05, 0.1) is 29.5 Å². The zero-order chi connectivity index (χ0) is 26.6. The average Bonchev–Trinajstić information content (AvgIpc) is 3.35. The minimum absolute atomic E-state index is 0.255. The topological polar surface area (TPSA) is 71.0 Å². The first kappa shape index (κ1) is 25.9. The number of benzene rings is 1. The van der Waals surface area contributed by atoms with Crippen LogP contribution in [-0.2, 0) is 29.8 Å². The van der Waals surface area contributed by atoms with Crippen molar-refractivity contribution in [2.45, 2.75) is 94.2 Å². The molecule has 2 unspecified atom stereocenters. The summed E-state index contributed by atoms with van der Waals surface area (Å²) in [6, 6.07) is 6.54. The van der Waals surface area contributed by atoms with E-state index in [9.17, 15) is 9.50 Å². The lowest BCUT2D eigenvalue weighted by Gasteiger charge is -2.43. The summed E-state index contributed by atoms with van der Waals surface area (Å²) < 4.78 is 27.5. The Balaban J connectivity index is 1.24. The largest absolute Gasteiger partial charge is 0.461 e. The van der Waals surface area contributed by atoms with Crippen LogP contribution in [0.2, 0.25) is 5.02 Å². The van der Waals surface area contributed by atoms with Gasteiger partial charge < -0.3 is 19.5 Å². The van der Waals surface area contributed by atoms with Crippen LogP contribution in [0.4, 0.5) is 10.2 Å². The third-order valence-electron chi connectivity index (χ3n) is 9.81. The van der Waals surface area contributed by atoms with E-state index in [-0.39, 0.29) is 11.6 Å². The first-order valence-corrected chi connectivity index (χ1v) is 15.1. The molecule has 4 aliphatic heterocycles. The van der Waals surface area contributed by atoms with Crippen LogP contribution in [0.3, 0.4) is 0 Å². The van der Waals surface area contributed by atoms with Gasteiger partial charge in [-0.1, -0.05) is 17.7 Å². The Bertz CT molecular complexity index is 1250. The zero-order valence-corrected chi connectivity index (χ0v) is 23.3. The molecule has 210 valence electrons. The van der Waals surface area contributed by atoms with Crippen LogP contribution in [0.25, 0.3) is 0 Å². The molecule has 3 fully saturated rings. The van der Waals surface area contributed by atoms with Crippen LogP contribution in [0.5, 0.6) is 6.01 Å². The van der Waals surface area contributed by atoms with E-state index in [0.29, 0.717) is 45.0 Å². The van der Waals surface area contributed by atoms with Crippen molar-refractivity contribution in [2.24, 2.45) is 0 Å². The molecule has 1 N–H and O–H groups in total. The number of hydrogen-bond donors (Lipinski definition) is 1. The SMILES string of the molecule is OC1CCCN(c2nc(OC[C@@]34CCCN3C[C@H](F)C4)nc3c2COC2(CCCc4ccc(Cl)cc42)C3)CC1. The maximum absolute atomic E-state index is 14.4. The maximum Gasteiger partial charge on any atom is 0.318 e. The van der Waals surface area contributed by atoms with E-state index in [1.807, 2.05) is 6.07 Å². The van der Waals surface area contributed by atoms with Gasteiger partial charge in [0.25, 0.3) is 0 Å². The molecule has 0 radical (unpaired) electrons. The van der Waals surface area contributed by atoms with Gasteiger partial charge in [0.2, 0.25) is 0 Å². The van der Waals surface area contributed by atoms with Crippen molar-refractivity contribution in [1.82, 2.24) is 14.9 Å². The summed E-state index contributed by atoms with van der Waals surface area (Å²) in [7, 11) is 0. The number of anilines is 1.